The Kier molecular flexibility index (Phi) is 7.41. The molecule has 0 atom stereocenters. The molecule has 0 unspecified atom stereocenters. The molecule has 2 aromatic heterocycles. The minimum absolute atomic E-state index is 0.159. The highest BCUT2D eigenvalue weighted by atomic mass is 35.5. The molecule has 2 heterocycles. The quantitative estimate of drug-likeness (QED) is 0.234. The van der Waals surface area contributed by atoms with Crippen molar-refractivity contribution < 1.29 is 27.4 Å². The number of benzene rings is 2. The van der Waals surface area contributed by atoms with Crippen molar-refractivity contribution in [1.82, 2.24) is 9.97 Å². The standard InChI is InChI=1S/C22H17Cl2F3N4O3S2/c1-32-14-6-10(7-15(33-2)17(14)34-3)29-21-31-19(28)18(36-21)20-30-13(8-35-20)16-11(23)4-9(5-12(16)24)22(25,26)27/h4-8H,28H2,1-3H3,(H,29,31). The number of hydrogen-bond acceptors (Lipinski definition) is 9. The van der Waals surface area contributed by atoms with E-state index in [2.05, 4.69) is 15.3 Å². The number of alkyl halides is 3. The highest BCUT2D eigenvalue weighted by molar-refractivity contribution is 7.23. The van der Waals surface area contributed by atoms with E-state index < -0.39 is 11.7 Å². The van der Waals surface area contributed by atoms with E-state index in [1.807, 2.05) is 0 Å². The fraction of sp³-hybridized carbons (Fsp3) is 0.182. The van der Waals surface area contributed by atoms with Gasteiger partial charge in [-0.05, 0) is 12.1 Å². The summed E-state index contributed by atoms with van der Waals surface area (Å²) in [5.74, 6) is 1.58. The molecule has 0 aliphatic carbocycles. The Morgan fingerprint density at radius 1 is 0.944 bits per heavy atom. The van der Waals surface area contributed by atoms with Crippen LogP contribution in [0.15, 0.2) is 29.6 Å². The third-order valence-electron chi connectivity index (χ3n) is 4.89. The van der Waals surface area contributed by atoms with Crippen LogP contribution in [0.1, 0.15) is 5.56 Å². The summed E-state index contributed by atoms with van der Waals surface area (Å²) < 4.78 is 55.2. The lowest BCUT2D eigenvalue weighted by molar-refractivity contribution is -0.137. The Balaban J connectivity index is 1.64. The number of hydrogen-bond donors (Lipinski definition) is 2. The molecule has 0 saturated carbocycles. The summed E-state index contributed by atoms with van der Waals surface area (Å²) >= 11 is 14.7. The van der Waals surface area contributed by atoms with Gasteiger partial charge in [0.05, 0.1) is 42.6 Å². The predicted octanol–water partition coefficient (Wildman–Crippen LogP) is 7.61. The number of methoxy groups -OCH3 is 3. The average Bonchev–Trinajstić information content (AvgIpc) is 3.43. The Hall–Kier alpha value is -2.93. The van der Waals surface area contributed by atoms with Crippen LogP contribution in [0.5, 0.6) is 17.2 Å². The van der Waals surface area contributed by atoms with Crippen molar-refractivity contribution in [2.45, 2.75) is 6.18 Å². The van der Waals surface area contributed by atoms with Crippen LogP contribution >= 0.6 is 45.9 Å². The minimum Gasteiger partial charge on any atom is -0.493 e. The molecule has 14 heteroatoms. The smallest absolute Gasteiger partial charge is 0.416 e. The summed E-state index contributed by atoms with van der Waals surface area (Å²) in [4.78, 5) is 9.42. The molecule has 4 aromatic rings. The molecular formula is C22H17Cl2F3N4O3S2. The fourth-order valence-corrected chi connectivity index (χ4v) is 5.79. The van der Waals surface area contributed by atoms with Crippen LogP contribution in [0, 0.1) is 0 Å². The summed E-state index contributed by atoms with van der Waals surface area (Å²) in [6.07, 6.45) is -4.57. The molecule has 0 fully saturated rings. The van der Waals surface area contributed by atoms with Crippen LogP contribution in [0.3, 0.4) is 0 Å². The molecule has 0 aliphatic rings. The van der Waals surface area contributed by atoms with E-state index in [0.29, 0.717) is 43.6 Å². The fourth-order valence-electron chi connectivity index (χ4n) is 3.29. The van der Waals surface area contributed by atoms with Gasteiger partial charge in [0.25, 0.3) is 0 Å². The first-order valence-electron chi connectivity index (χ1n) is 9.91. The number of rotatable bonds is 7. The number of thiazole rings is 2. The maximum atomic E-state index is 13.1. The van der Waals surface area contributed by atoms with Gasteiger partial charge in [0.15, 0.2) is 16.6 Å². The van der Waals surface area contributed by atoms with Crippen molar-refractivity contribution in [2.24, 2.45) is 0 Å². The lowest BCUT2D eigenvalue weighted by Crippen LogP contribution is -2.05. The van der Waals surface area contributed by atoms with Gasteiger partial charge < -0.3 is 25.3 Å². The van der Waals surface area contributed by atoms with E-state index in [-0.39, 0.29) is 21.4 Å². The normalized spacial score (nSPS) is 11.4. The van der Waals surface area contributed by atoms with Gasteiger partial charge in [-0.3, -0.25) is 0 Å². The minimum atomic E-state index is -4.57. The molecule has 0 radical (unpaired) electrons. The Morgan fingerprint density at radius 3 is 2.08 bits per heavy atom. The highest BCUT2D eigenvalue weighted by Gasteiger charge is 2.32. The van der Waals surface area contributed by atoms with Crippen LogP contribution in [0.4, 0.5) is 29.8 Å². The van der Waals surface area contributed by atoms with Gasteiger partial charge in [-0.1, -0.05) is 34.5 Å². The number of nitrogens with one attached hydrogen (secondary N) is 1. The van der Waals surface area contributed by atoms with Crippen LogP contribution < -0.4 is 25.3 Å². The van der Waals surface area contributed by atoms with Gasteiger partial charge in [-0.2, -0.15) is 13.2 Å². The largest absolute Gasteiger partial charge is 0.493 e. The number of halogens is 5. The van der Waals surface area contributed by atoms with Gasteiger partial charge in [0.1, 0.15) is 15.7 Å². The molecule has 0 aliphatic heterocycles. The topological polar surface area (TPSA) is 91.5 Å². The van der Waals surface area contributed by atoms with Gasteiger partial charge in [0.2, 0.25) is 5.75 Å². The zero-order chi connectivity index (χ0) is 26.2. The van der Waals surface area contributed by atoms with E-state index in [4.69, 9.17) is 43.1 Å². The second-order valence-electron chi connectivity index (χ2n) is 7.12. The first-order chi connectivity index (χ1) is 17.0. The molecule has 0 spiro atoms. The molecule has 3 N–H and O–H groups in total. The van der Waals surface area contributed by atoms with E-state index in [1.165, 1.54) is 44.0 Å². The van der Waals surface area contributed by atoms with Crippen molar-refractivity contribution in [2.75, 3.05) is 32.4 Å². The van der Waals surface area contributed by atoms with Gasteiger partial charge in [-0.15, -0.1) is 11.3 Å². The van der Waals surface area contributed by atoms with E-state index >= 15 is 0 Å². The third kappa shape index (κ3) is 5.12. The van der Waals surface area contributed by atoms with Crippen molar-refractivity contribution in [3.8, 4) is 38.4 Å². The van der Waals surface area contributed by atoms with Crippen molar-refractivity contribution in [3.63, 3.8) is 0 Å². The zero-order valence-corrected chi connectivity index (χ0v) is 21.9. The van der Waals surface area contributed by atoms with Gasteiger partial charge in [-0.25, -0.2) is 9.97 Å². The molecule has 0 bridgehead atoms. The Bertz CT molecular complexity index is 1380. The molecule has 0 amide bonds. The van der Waals surface area contributed by atoms with Crippen LogP contribution in [0.25, 0.3) is 21.1 Å². The number of nitrogens with zero attached hydrogens (tertiary/aromatic N) is 2. The predicted molar refractivity (Wildman–Crippen MR) is 137 cm³/mol. The summed E-state index contributed by atoms with van der Waals surface area (Å²) in [7, 11) is 4.53. The molecule has 36 heavy (non-hydrogen) atoms. The van der Waals surface area contributed by atoms with E-state index in [9.17, 15) is 13.2 Å². The van der Waals surface area contributed by atoms with Crippen molar-refractivity contribution >= 4 is 62.5 Å². The second kappa shape index (κ2) is 10.2. The summed E-state index contributed by atoms with van der Waals surface area (Å²) in [5.41, 5.74) is 6.35. The molecular weight excluding hydrogens is 560 g/mol. The Labute approximate surface area is 221 Å². The van der Waals surface area contributed by atoms with Crippen LogP contribution in [0.2, 0.25) is 10.0 Å². The molecule has 7 nitrogen and oxygen atoms in total. The number of nitrogen functional groups attached to an aromatic ring is 1. The lowest BCUT2D eigenvalue weighted by atomic mass is 10.1. The lowest BCUT2D eigenvalue weighted by Gasteiger charge is -2.14. The van der Waals surface area contributed by atoms with Crippen LogP contribution in [-0.2, 0) is 6.18 Å². The summed E-state index contributed by atoms with van der Waals surface area (Å²) in [6.45, 7) is 0. The number of nitrogens with two attached hydrogens (primary N) is 1. The maximum absolute atomic E-state index is 13.1. The van der Waals surface area contributed by atoms with Gasteiger partial charge in [0, 0.05) is 28.8 Å². The summed E-state index contributed by atoms with van der Waals surface area (Å²) in [5, 5.41) is 5.45. The van der Waals surface area contributed by atoms with E-state index in [1.54, 1.807) is 17.5 Å². The SMILES string of the molecule is COc1cc(Nc2nc(N)c(-c3nc(-c4c(Cl)cc(C(F)(F)F)cc4Cl)cs3)s2)cc(OC)c1OC. The monoisotopic (exact) mass is 576 g/mol. The number of ether oxygens (including phenoxy) is 3. The molecule has 0 saturated heterocycles. The zero-order valence-electron chi connectivity index (χ0n) is 18.8. The third-order valence-corrected chi connectivity index (χ3v) is 7.47. The first kappa shape index (κ1) is 26.1. The number of aromatic nitrogens is 2. The molecule has 4 rings (SSSR count). The number of anilines is 3. The van der Waals surface area contributed by atoms with Crippen molar-refractivity contribution in [1.29, 1.82) is 0 Å². The Morgan fingerprint density at radius 2 is 1.56 bits per heavy atom. The van der Waals surface area contributed by atoms with E-state index in [0.717, 1.165) is 12.1 Å². The highest BCUT2D eigenvalue weighted by Crippen LogP contribution is 2.45. The first-order valence-corrected chi connectivity index (χ1v) is 12.4. The summed E-state index contributed by atoms with van der Waals surface area (Å²) in [6, 6.07) is 5.08. The van der Waals surface area contributed by atoms with Gasteiger partial charge >= 0.3 is 6.18 Å². The van der Waals surface area contributed by atoms with Crippen molar-refractivity contribution in [3.05, 3.63) is 45.3 Å². The molecule has 190 valence electrons. The second-order valence-corrected chi connectivity index (χ2v) is 9.79. The maximum Gasteiger partial charge on any atom is 0.416 e. The van der Waals surface area contributed by atoms with Crippen LogP contribution in [-0.4, -0.2) is 31.3 Å². The average molecular weight is 577 g/mol. The molecule has 2 aromatic carbocycles.